The van der Waals surface area contributed by atoms with Crippen LogP contribution in [0, 0.1) is 0 Å². The Bertz CT molecular complexity index is 751. The van der Waals surface area contributed by atoms with Gasteiger partial charge in [0.15, 0.2) is 0 Å². The van der Waals surface area contributed by atoms with Crippen LogP contribution >= 0.6 is 0 Å². The van der Waals surface area contributed by atoms with Crippen LogP contribution in [0.4, 0.5) is 11.4 Å². The molecule has 88 valence electrons. The SMILES string of the molecule is O=C(O)c1ccc2c(c1)NC=c1ccccc1=N2. The van der Waals surface area contributed by atoms with Gasteiger partial charge in [0.1, 0.15) is 0 Å². The van der Waals surface area contributed by atoms with Crippen molar-refractivity contribution in [3.63, 3.8) is 0 Å². The summed E-state index contributed by atoms with van der Waals surface area (Å²) < 4.78 is 0. The van der Waals surface area contributed by atoms with Gasteiger partial charge in [-0.3, -0.25) is 0 Å². The highest BCUT2D eigenvalue weighted by Crippen LogP contribution is 2.26. The number of hydrogen-bond donors (Lipinski definition) is 2. The number of para-hydroxylation sites is 1. The number of aromatic carboxylic acids is 1. The Morgan fingerprint density at radius 1 is 1.17 bits per heavy atom. The van der Waals surface area contributed by atoms with Crippen LogP contribution in [0.15, 0.2) is 47.5 Å². The Labute approximate surface area is 103 Å². The molecule has 1 aliphatic heterocycles. The van der Waals surface area contributed by atoms with Gasteiger partial charge < -0.3 is 10.4 Å². The number of hydrogen-bond acceptors (Lipinski definition) is 3. The average Bonchev–Trinajstić information content (AvgIpc) is 2.56. The van der Waals surface area contributed by atoms with Gasteiger partial charge >= 0.3 is 5.97 Å². The monoisotopic (exact) mass is 238 g/mol. The van der Waals surface area contributed by atoms with Crippen molar-refractivity contribution in [2.45, 2.75) is 0 Å². The number of nitrogens with one attached hydrogen (secondary N) is 1. The second-order valence-electron chi connectivity index (χ2n) is 4.00. The third-order valence-corrected chi connectivity index (χ3v) is 2.80. The molecule has 0 saturated heterocycles. The first-order chi connectivity index (χ1) is 8.74. The van der Waals surface area contributed by atoms with Crippen molar-refractivity contribution in [3.8, 4) is 0 Å². The maximum absolute atomic E-state index is 10.9. The summed E-state index contributed by atoms with van der Waals surface area (Å²) in [6.45, 7) is 0. The third kappa shape index (κ3) is 1.73. The number of rotatable bonds is 1. The fourth-order valence-electron chi connectivity index (χ4n) is 1.88. The second-order valence-corrected chi connectivity index (χ2v) is 4.00. The maximum atomic E-state index is 10.9. The molecule has 2 aromatic rings. The topological polar surface area (TPSA) is 61.7 Å². The number of anilines is 1. The van der Waals surface area contributed by atoms with Crippen LogP contribution in [0.3, 0.4) is 0 Å². The fraction of sp³-hybridized carbons (Fsp3) is 0. The van der Waals surface area contributed by atoms with E-state index in [2.05, 4.69) is 10.3 Å². The van der Waals surface area contributed by atoms with E-state index in [1.54, 1.807) is 18.2 Å². The molecule has 2 N–H and O–H groups in total. The van der Waals surface area contributed by atoms with E-state index in [0.717, 1.165) is 16.3 Å². The summed E-state index contributed by atoms with van der Waals surface area (Å²) in [5.41, 5.74) is 1.68. The summed E-state index contributed by atoms with van der Waals surface area (Å²) in [4.78, 5) is 15.4. The highest BCUT2D eigenvalue weighted by molar-refractivity contribution is 5.91. The Morgan fingerprint density at radius 3 is 2.83 bits per heavy atom. The number of carboxylic acids is 1. The zero-order chi connectivity index (χ0) is 12.5. The average molecular weight is 238 g/mol. The molecule has 1 aliphatic rings. The molecule has 0 amide bonds. The highest BCUT2D eigenvalue weighted by Gasteiger charge is 2.08. The summed E-state index contributed by atoms with van der Waals surface area (Å²) >= 11 is 0. The van der Waals surface area contributed by atoms with Crippen molar-refractivity contribution >= 4 is 23.5 Å². The molecule has 0 aromatic heterocycles. The van der Waals surface area contributed by atoms with Gasteiger partial charge in [0, 0.05) is 11.4 Å². The Kier molecular flexibility index (Phi) is 2.34. The standard InChI is InChI=1S/C14H10N2O2/c17-14(18)9-5-6-12-13(7-9)15-8-10-3-1-2-4-11(10)16-12/h1-8,15H,(H,17,18). The van der Waals surface area contributed by atoms with Gasteiger partial charge in [0.25, 0.3) is 0 Å². The molecular weight excluding hydrogens is 228 g/mol. The molecule has 4 nitrogen and oxygen atoms in total. The van der Waals surface area contributed by atoms with Crippen LogP contribution in [0.1, 0.15) is 10.4 Å². The van der Waals surface area contributed by atoms with Crippen LogP contribution in [-0.4, -0.2) is 11.1 Å². The van der Waals surface area contributed by atoms with Gasteiger partial charge in [-0.05, 0) is 24.3 Å². The van der Waals surface area contributed by atoms with E-state index in [-0.39, 0.29) is 5.56 Å². The lowest BCUT2D eigenvalue weighted by Crippen LogP contribution is -2.23. The lowest BCUT2D eigenvalue weighted by atomic mass is 10.2. The molecule has 0 saturated carbocycles. The van der Waals surface area contributed by atoms with E-state index in [1.807, 2.05) is 30.5 Å². The molecule has 0 atom stereocenters. The molecule has 3 rings (SSSR count). The Hall–Kier alpha value is -2.62. The molecule has 0 bridgehead atoms. The molecule has 0 unspecified atom stereocenters. The summed E-state index contributed by atoms with van der Waals surface area (Å²) in [5, 5.41) is 13.9. The normalized spacial score (nSPS) is 12.0. The van der Waals surface area contributed by atoms with Crippen LogP contribution in [0.25, 0.3) is 6.20 Å². The highest BCUT2D eigenvalue weighted by atomic mass is 16.4. The molecule has 1 heterocycles. The van der Waals surface area contributed by atoms with Crippen molar-refractivity contribution < 1.29 is 9.90 Å². The summed E-state index contributed by atoms with van der Waals surface area (Å²) in [6, 6.07) is 12.6. The number of nitrogens with zero attached hydrogens (tertiary/aromatic N) is 1. The van der Waals surface area contributed by atoms with Crippen LogP contribution in [-0.2, 0) is 0 Å². The molecule has 0 spiro atoms. The van der Waals surface area contributed by atoms with Gasteiger partial charge in [0.2, 0.25) is 0 Å². The zero-order valence-electron chi connectivity index (χ0n) is 9.42. The molecular formula is C14H10N2O2. The Balaban J connectivity index is 2.23. The predicted octanol–water partition coefficient (Wildman–Crippen LogP) is 1.50. The molecule has 18 heavy (non-hydrogen) atoms. The first-order valence-electron chi connectivity index (χ1n) is 5.52. The number of fused-ring (bicyclic) bond motifs is 2. The molecule has 2 aromatic carbocycles. The van der Waals surface area contributed by atoms with E-state index in [4.69, 9.17) is 5.11 Å². The molecule has 0 fully saturated rings. The third-order valence-electron chi connectivity index (χ3n) is 2.80. The number of carboxylic acid groups (broad SMARTS) is 1. The second kappa shape index (κ2) is 4.00. The minimum absolute atomic E-state index is 0.246. The van der Waals surface area contributed by atoms with Crippen molar-refractivity contribution in [2.24, 2.45) is 4.99 Å². The van der Waals surface area contributed by atoms with Gasteiger partial charge in [-0.2, -0.15) is 0 Å². The summed E-state index contributed by atoms with van der Waals surface area (Å²) in [7, 11) is 0. The smallest absolute Gasteiger partial charge is 0.335 e. The van der Waals surface area contributed by atoms with E-state index in [9.17, 15) is 4.79 Å². The van der Waals surface area contributed by atoms with Gasteiger partial charge in [-0.25, -0.2) is 9.79 Å². The van der Waals surface area contributed by atoms with E-state index < -0.39 is 5.97 Å². The predicted molar refractivity (Wildman–Crippen MR) is 68.4 cm³/mol. The lowest BCUT2D eigenvalue weighted by molar-refractivity contribution is 0.0697. The minimum Gasteiger partial charge on any atom is -0.478 e. The lowest BCUT2D eigenvalue weighted by Gasteiger charge is -2.04. The molecule has 0 aliphatic carbocycles. The fourth-order valence-corrected chi connectivity index (χ4v) is 1.88. The Morgan fingerprint density at radius 2 is 2.00 bits per heavy atom. The number of carbonyl (C=O) groups is 1. The maximum Gasteiger partial charge on any atom is 0.335 e. The van der Waals surface area contributed by atoms with E-state index in [0.29, 0.717) is 5.69 Å². The van der Waals surface area contributed by atoms with Gasteiger partial charge in [0.05, 0.1) is 22.3 Å². The first kappa shape index (κ1) is 10.5. The first-order valence-corrected chi connectivity index (χ1v) is 5.52. The quantitative estimate of drug-likeness (QED) is 0.791. The van der Waals surface area contributed by atoms with Crippen molar-refractivity contribution in [1.29, 1.82) is 0 Å². The molecule has 0 radical (unpaired) electrons. The van der Waals surface area contributed by atoms with Crippen molar-refractivity contribution in [3.05, 3.63) is 58.6 Å². The largest absolute Gasteiger partial charge is 0.478 e. The van der Waals surface area contributed by atoms with E-state index >= 15 is 0 Å². The van der Waals surface area contributed by atoms with Crippen LogP contribution in [0.5, 0.6) is 0 Å². The summed E-state index contributed by atoms with van der Waals surface area (Å²) in [6.07, 6.45) is 1.83. The van der Waals surface area contributed by atoms with Gasteiger partial charge in [-0.1, -0.05) is 18.2 Å². The molecule has 4 heteroatoms. The van der Waals surface area contributed by atoms with Crippen molar-refractivity contribution in [2.75, 3.05) is 5.32 Å². The minimum atomic E-state index is -0.943. The van der Waals surface area contributed by atoms with Gasteiger partial charge in [-0.15, -0.1) is 0 Å². The summed E-state index contributed by atoms with van der Waals surface area (Å²) in [5.74, 6) is -0.943. The van der Waals surface area contributed by atoms with Crippen LogP contribution < -0.4 is 15.9 Å². The van der Waals surface area contributed by atoms with Crippen LogP contribution in [0.2, 0.25) is 0 Å². The van der Waals surface area contributed by atoms with Crippen molar-refractivity contribution in [1.82, 2.24) is 0 Å². The number of benzene rings is 2. The zero-order valence-corrected chi connectivity index (χ0v) is 9.42. The van der Waals surface area contributed by atoms with E-state index in [1.165, 1.54) is 0 Å².